The molecule has 3 rings (SSSR count). The number of esters is 1. The van der Waals surface area contributed by atoms with Crippen LogP contribution < -0.4 is 10.2 Å². The van der Waals surface area contributed by atoms with Gasteiger partial charge in [-0.25, -0.2) is 9.97 Å². The van der Waals surface area contributed by atoms with Crippen LogP contribution in [0.25, 0.3) is 0 Å². The van der Waals surface area contributed by atoms with E-state index in [0.717, 1.165) is 0 Å². The molecule has 0 saturated carbocycles. The van der Waals surface area contributed by atoms with Crippen molar-refractivity contribution in [1.82, 2.24) is 20.2 Å². The number of nitrogens with one attached hydrogen (secondary N) is 1. The molecule has 0 spiro atoms. The molecule has 1 saturated heterocycles. The monoisotopic (exact) mass is 451 g/mol. The molecule has 1 aromatic heterocycles. The van der Waals surface area contributed by atoms with E-state index in [4.69, 9.17) is 27.9 Å². The lowest BCUT2D eigenvalue weighted by molar-refractivity contribution is -0.151. The number of amides is 2. The van der Waals surface area contributed by atoms with Gasteiger partial charge in [0.05, 0.1) is 10.6 Å². The molecule has 1 aromatic carbocycles. The second kappa shape index (κ2) is 10.2. The fourth-order valence-electron chi connectivity index (χ4n) is 2.82. The molecule has 0 unspecified atom stereocenters. The summed E-state index contributed by atoms with van der Waals surface area (Å²) in [7, 11) is 0. The van der Waals surface area contributed by atoms with Crippen LogP contribution in [0.15, 0.2) is 36.7 Å². The largest absolute Gasteiger partial charge is 0.454 e. The van der Waals surface area contributed by atoms with Crippen LogP contribution >= 0.6 is 23.2 Å². The molecule has 158 valence electrons. The number of carbonyl (C=O) groups is 3. The van der Waals surface area contributed by atoms with Gasteiger partial charge in [0, 0.05) is 43.6 Å². The van der Waals surface area contributed by atoms with Crippen molar-refractivity contribution in [3.8, 4) is 0 Å². The van der Waals surface area contributed by atoms with Gasteiger partial charge in [-0.2, -0.15) is 0 Å². The number of carbonyl (C=O) groups excluding carboxylic acids is 3. The highest BCUT2D eigenvalue weighted by Crippen LogP contribution is 2.20. The normalized spacial score (nSPS) is 13.7. The van der Waals surface area contributed by atoms with Gasteiger partial charge in [0.2, 0.25) is 5.95 Å². The predicted molar refractivity (Wildman–Crippen MR) is 111 cm³/mol. The third-order valence-electron chi connectivity index (χ3n) is 4.39. The second-order valence-electron chi connectivity index (χ2n) is 6.38. The Balaban J connectivity index is 1.38. The van der Waals surface area contributed by atoms with Crippen LogP contribution in [0, 0.1) is 0 Å². The Morgan fingerprint density at radius 1 is 1.07 bits per heavy atom. The van der Waals surface area contributed by atoms with Gasteiger partial charge in [0.1, 0.15) is 6.54 Å². The van der Waals surface area contributed by atoms with Gasteiger partial charge in [0.25, 0.3) is 11.8 Å². The molecule has 11 heteroatoms. The Hall–Kier alpha value is -2.91. The summed E-state index contributed by atoms with van der Waals surface area (Å²) in [6.45, 7) is 1.34. The van der Waals surface area contributed by atoms with Crippen LogP contribution in [0.3, 0.4) is 0 Å². The molecule has 2 amide bonds. The van der Waals surface area contributed by atoms with E-state index >= 15 is 0 Å². The van der Waals surface area contributed by atoms with E-state index in [1.54, 1.807) is 23.4 Å². The third-order valence-corrected chi connectivity index (χ3v) is 4.94. The van der Waals surface area contributed by atoms with Gasteiger partial charge < -0.3 is 19.9 Å². The fourth-order valence-corrected chi connectivity index (χ4v) is 3.31. The van der Waals surface area contributed by atoms with Crippen LogP contribution in [0.2, 0.25) is 10.0 Å². The maximum absolute atomic E-state index is 12.3. The maximum atomic E-state index is 12.3. The first-order valence-corrected chi connectivity index (χ1v) is 9.88. The number of ether oxygens (including phenoxy) is 1. The lowest BCUT2D eigenvalue weighted by atomic mass is 10.2. The molecule has 0 bridgehead atoms. The van der Waals surface area contributed by atoms with Gasteiger partial charge in [-0.1, -0.05) is 23.2 Å². The van der Waals surface area contributed by atoms with E-state index in [-0.39, 0.29) is 23.0 Å². The number of piperazine rings is 1. The molecule has 1 aliphatic heterocycles. The number of nitrogens with zero attached hydrogens (tertiary/aromatic N) is 4. The fraction of sp³-hybridized carbons (Fsp3) is 0.316. The van der Waals surface area contributed by atoms with Crippen molar-refractivity contribution < 1.29 is 19.1 Å². The van der Waals surface area contributed by atoms with Crippen molar-refractivity contribution in [2.24, 2.45) is 0 Å². The van der Waals surface area contributed by atoms with Gasteiger partial charge in [-0.15, -0.1) is 0 Å². The Kier molecular flexibility index (Phi) is 7.42. The molecular formula is C19H19Cl2N5O4. The number of hydrogen-bond donors (Lipinski definition) is 1. The van der Waals surface area contributed by atoms with Crippen molar-refractivity contribution in [1.29, 1.82) is 0 Å². The summed E-state index contributed by atoms with van der Waals surface area (Å²) in [5.74, 6) is -0.950. The molecule has 2 heterocycles. The molecule has 1 N–H and O–H groups in total. The highest BCUT2D eigenvalue weighted by molar-refractivity contribution is 6.36. The van der Waals surface area contributed by atoms with E-state index in [2.05, 4.69) is 15.3 Å². The van der Waals surface area contributed by atoms with Crippen LogP contribution in [-0.2, 0) is 14.3 Å². The van der Waals surface area contributed by atoms with Gasteiger partial charge >= 0.3 is 5.97 Å². The van der Waals surface area contributed by atoms with Crippen LogP contribution in [-0.4, -0.2) is 72.0 Å². The topological polar surface area (TPSA) is 105 Å². The van der Waals surface area contributed by atoms with Crippen molar-refractivity contribution in [2.75, 3.05) is 44.2 Å². The van der Waals surface area contributed by atoms with Crippen LogP contribution in [0.4, 0.5) is 5.95 Å². The van der Waals surface area contributed by atoms with Gasteiger partial charge in [-0.3, -0.25) is 14.4 Å². The van der Waals surface area contributed by atoms with E-state index in [1.807, 2.05) is 4.90 Å². The lowest BCUT2D eigenvalue weighted by Gasteiger charge is -2.34. The molecule has 1 fully saturated rings. The number of rotatable bonds is 6. The first kappa shape index (κ1) is 21.8. The minimum absolute atomic E-state index is 0.170. The first-order valence-electron chi connectivity index (χ1n) is 9.12. The summed E-state index contributed by atoms with van der Waals surface area (Å²) in [5, 5.41) is 2.96. The second-order valence-corrected chi connectivity index (χ2v) is 7.23. The summed E-state index contributed by atoms with van der Waals surface area (Å²) in [6.07, 6.45) is 3.33. The Labute approximate surface area is 182 Å². The van der Waals surface area contributed by atoms with E-state index in [9.17, 15) is 14.4 Å². The number of anilines is 1. The van der Waals surface area contributed by atoms with Crippen molar-refractivity contribution in [2.45, 2.75) is 0 Å². The zero-order valence-corrected chi connectivity index (χ0v) is 17.4. The summed E-state index contributed by atoms with van der Waals surface area (Å²) in [6, 6.07) is 6.14. The SMILES string of the molecule is O=C(CNC(=O)c1ccc(Cl)cc1Cl)OCC(=O)N1CCN(c2ncccn2)CC1. The molecule has 30 heavy (non-hydrogen) atoms. The van der Waals surface area contributed by atoms with Gasteiger partial charge in [-0.05, 0) is 24.3 Å². The molecule has 0 atom stereocenters. The summed E-state index contributed by atoms with van der Waals surface area (Å²) < 4.78 is 4.97. The van der Waals surface area contributed by atoms with Crippen molar-refractivity contribution in [3.05, 3.63) is 52.3 Å². The summed E-state index contributed by atoms with van der Waals surface area (Å²) >= 11 is 11.7. The first-order chi connectivity index (χ1) is 14.4. The minimum atomic E-state index is -0.724. The molecule has 0 aliphatic carbocycles. The highest BCUT2D eigenvalue weighted by atomic mass is 35.5. The Bertz CT molecular complexity index is 920. The van der Waals surface area contributed by atoms with E-state index in [0.29, 0.717) is 37.1 Å². The van der Waals surface area contributed by atoms with Crippen LogP contribution in [0.1, 0.15) is 10.4 Å². The Morgan fingerprint density at radius 2 is 1.77 bits per heavy atom. The number of hydrogen-bond acceptors (Lipinski definition) is 7. The quantitative estimate of drug-likeness (QED) is 0.661. The summed E-state index contributed by atoms with van der Waals surface area (Å²) in [5.41, 5.74) is 0.185. The third kappa shape index (κ3) is 5.80. The molecule has 9 nitrogen and oxygen atoms in total. The van der Waals surface area contributed by atoms with E-state index < -0.39 is 18.5 Å². The molecular weight excluding hydrogens is 433 g/mol. The molecule has 2 aromatic rings. The van der Waals surface area contributed by atoms with Crippen molar-refractivity contribution in [3.63, 3.8) is 0 Å². The molecule has 0 radical (unpaired) electrons. The van der Waals surface area contributed by atoms with Crippen LogP contribution in [0.5, 0.6) is 0 Å². The lowest BCUT2D eigenvalue weighted by Crippen LogP contribution is -2.50. The highest BCUT2D eigenvalue weighted by Gasteiger charge is 2.23. The average molecular weight is 452 g/mol. The number of halogens is 2. The summed E-state index contributed by atoms with van der Waals surface area (Å²) in [4.78, 5) is 48.2. The smallest absolute Gasteiger partial charge is 0.325 e. The number of benzene rings is 1. The minimum Gasteiger partial charge on any atom is -0.454 e. The molecule has 1 aliphatic rings. The standard InChI is InChI=1S/C19H19Cl2N5O4/c20-13-2-3-14(15(21)10-13)18(29)24-11-17(28)30-12-16(27)25-6-8-26(9-7-25)19-22-4-1-5-23-19/h1-5,10H,6-9,11-12H2,(H,24,29). The maximum Gasteiger partial charge on any atom is 0.325 e. The zero-order valence-electron chi connectivity index (χ0n) is 15.9. The Morgan fingerprint density at radius 3 is 2.43 bits per heavy atom. The zero-order chi connectivity index (χ0) is 21.5. The predicted octanol–water partition coefficient (Wildman–Crippen LogP) is 1.41. The van der Waals surface area contributed by atoms with Gasteiger partial charge in [0.15, 0.2) is 6.61 Å². The number of aromatic nitrogens is 2. The average Bonchev–Trinajstić information content (AvgIpc) is 2.76. The van der Waals surface area contributed by atoms with E-state index in [1.165, 1.54) is 18.2 Å². The van der Waals surface area contributed by atoms with Crippen molar-refractivity contribution >= 4 is 46.9 Å².